The fourth-order valence-corrected chi connectivity index (χ4v) is 3.52. The third kappa shape index (κ3) is 4.91. The number of fused-ring (bicyclic) bond motifs is 1. The number of amidine groups is 1. The van der Waals surface area contributed by atoms with Crippen LogP contribution in [0.4, 0.5) is 11.5 Å². The lowest BCUT2D eigenvalue weighted by atomic mass is 10.2. The number of amides is 1. The van der Waals surface area contributed by atoms with Gasteiger partial charge < -0.3 is 25.0 Å². The van der Waals surface area contributed by atoms with Gasteiger partial charge in [0, 0.05) is 46.2 Å². The summed E-state index contributed by atoms with van der Waals surface area (Å²) >= 11 is 0. The van der Waals surface area contributed by atoms with Crippen LogP contribution in [0.3, 0.4) is 0 Å². The highest BCUT2D eigenvalue weighted by Gasteiger charge is 2.24. The number of likely N-dealkylation sites (N-methyl/N-ethyl adjacent to an activating group) is 1. The van der Waals surface area contributed by atoms with Crippen LogP contribution in [0.2, 0.25) is 0 Å². The number of methoxy groups -OCH3 is 1. The summed E-state index contributed by atoms with van der Waals surface area (Å²) in [5.41, 5.74) is 7.61. The lowest BCUT2D eigenvalue weighted by Crippen LogP contribution is -2.37. The normalized spacial score (nSPS) is 14.6. The van der Waals surface area contributed by atoms with Crippen molar-refractivity contribution in [3.63, 3.8) is 0 Å². The fraction of sp³-hybridized carbons (Fsp3) is 0.429. The van der Waals surface area contributed by atoms with Crippen molar-refractivity contribution in [2.24, 2.45) is 10.7 Å². The molecule has 0 spiro atoms. The molecule has 0 atom stereocenters. The van der Waals surface area contributed by atoms with Gasteiger partial charge in [-0.15, -0.1) is 0 Å². The zero-order valence-corrected chi connectivity index (χ0v) is 18.9. The molecule has 4 heterocycles. The first-order valence-electron chi connectivity index (χ1n) is 10.6. The second-order valence-electron chi connectivity index (χ2n) is 7.59. The van der Waals surface area contributed by atoms with Gasteiger partial charge in [0.2, 0.25) is 0 Å². The molecule has 3 aromatic rings. The number of nitrogens with zero attached hydrogens (tertiary/aromatic N) is 8. The molecule has 12 heteroatoms. The molecular formula is C21H27N9O3. The summed E-state index contributed by atoms with van der Waals surface area (Å²) in [6.45, 7) is 5.05. The largest absolute Gasteiger partial charge is 0.387 e. The van der Waals surface area contributed by atoms with Gasteiger partial charge in [0.25, 0.3) is 11.9 Å². The number of carbonyl (C=O) groups excluding carboxylic acids is 1. The average Bonchev–Trinajstić information content (AvgIpc) is 3.36. The van der Waals surface area contributed by atoms with Gasteiger partial charge in [-0.1, -0.05) is 0 Å². The molecule has 174 valence electrons. The van der Waals surface area contributed by atoms with E-state index in [1.165, 1.54) is 0 Å². The summed E-state index contributed by atoms with van der Waals surface area (Å²) < 4.78 is 12.4. The molecular weight excluding hydrogens is 426 g/mol. The van der Waals surface area contributed by atoms with Crippen molar-refractivity contribution >= 4 is 34.3 Å². The summed E-state index contributed by atoms with van der Waals surface area (Å²) in [4.78, 5) is 34.9. The predicted octanol–water partition coefficient (Wildman–Crippen LogP) is 0.647. The van der Waals surface area contributed by atoms with Gasteiger partial charge in [0.1, 0.15) is 22.6 Å². The van der Waals surface area contributed by atoms with E-state index in [4.69, 9.17) is 25.2 Å². The van der Waals surface area contributed by atoms with Crippen molar-refractivity contribution in [3.05, 3.63) is 30.2 Å². The van der Waals surface area contributed by atoms with E-state index in [-0.39, 0.29) is 11.5 Å². The van der Waals surface area contributed by atoms with Crippen molar-refractivity contribution in [3.8, 4) is 5.95 Å². The molecule has 1 amide bonds. The number of ether oxygens (including phenoxy) is 2. The lowest BCUT2D eigenvalue weighted by Gasteiger charge is -2.29. The van der Waals surface area contributed by atoms with Crippen LogP contribution < -0.4 is 15.5 Å². The van der Waals surface area contributed by atoms with Crippen LogP contribution in [0.1, 0.15) is 17.4 Å². The highest BCUT2D eigenvalue weighted by molar-refractivity contribution is 6.05. The second kappa shape index (κ2) is 9.88. The van der Waals surface area contributed by atoms with E-state index < -0.39 is 5.91 Å². The first kappa shape index (κ1) is 22.6. The zero-order valence-electron chi connectivity index (χ0n) is 18.9. The molecule has 0 radical (unpaired) electrons. The van der Waals surface area contributed by atoms with Crippen LogP contribution in [-0.4, -0.2) is 90.1 Å². The smallest absolute Gasteiger partial charge is 0.297 e. The maximum absolute atomic E-state index is 12.8. The Bertz CT molecular complexity index is 1150. The Kier molecular flexibility index (Phi) is 6.75. The van der Waals surface area contributed by atoms with Crippen molar-refractivity contribution in [2.75, 3.05) is 63.4 Å². The molecule has 1 aliphatic rings. The summed E-state index contributed by atoms with van der Waals surface area (Å²) in [6, 6.07) is 3.48. The van der Waals surface area contributed by atoms with Crippen LogP contribution in [0.5, 0.6) is 0 Å². The van der Waals surface area contributed by atoms with Crippen molar-refractivity contribution < 1.29 is 14.3 Å². The van der Waals surface area contributed by atoms with Crippen LogP contribution in [0.15, 0.2) is 29.5 Å². The molecule has 3 aromatic heterocycles. The van der Waals surface area contributed by atoms with E-state index in [9.17, 15) is 4.79 Å². The number of anilines is 2. The first-order chi connectivity index (χ1) is 16.0. The van der Waals surface area contributed by atoms with Crippen molar-refractivity contribution in [1.82, 2.24) is 24.7 Å². The van der Waals surface area contributed by atoms with E-state index in [0.29, 0.717) is 67.9 Å². The molecule has 0 aliphatic carbocycles. The summed E-state index contributed by atoms with van der Waals surface area (Å²) in [7, 11) is 3.55. The number of hydrogen-bond acceptors (Lipinski definition) is 9. The molecule has 0 unspecified atom stereocenters. The molecule has 0 aromatic carbocycles. The number of morpholine rings is 1. The van der Waals surface area contributed by atoms with Crippen LogP contribution in [-0.2, 0) is 9.47 Å². The molecule has 33 heavy (non-hydrogen) atoms. The summed E-state index contributed by atoms with van der Waals surface area (Å²) in [5.74, 6) is 0.655. The second-order valence-corrected chi connectivity index (χ2v) is 7.59. The van der Waals surface area contributed by atoms with Crippen molar-refractivity contribution in [2.45, 2.75) is 6.92 Å². The Morgan fingerprint density at radius 3 is 2.73 bits per heavy atom. The number of carbonyl (C=O) groups is 1. The predicted molar refractivity (Wildman–Crippen MR) is 124 cm³/mol. The van der Waals surface area contributed by atoms with Crippen LogP contribution in [0, 0.1) is 0 Å². The molecule has 1 saturated heterocycles. The average molecular weight is 454 g/mol. The quantitative estimate of drug-likeness (QED) is 0.401. The Morgan fingerprint density at radius 1 is 1.27 bits per heavy atom. The number of hydrogen-bond donors (Lipinski definition) is 1. The van der Waals surface area contributed by atoms with E-state index in [2.05, 4.69) is 20.0 Å². The number of aromatic nitrogens is 5. The lowest BCUT2D eigenvalue weighted by molar-refractivity contribution is 0.0998. The first-order valence-corrected chi connectivity index (χ1v) is 10.6. The third-order valence-electron chi connectivity index (χ3n) is 5.16. The van der Waals surface area contributed by atoms with E-state index in [1.807, 2.05) is 11.9 Å². The third-order valence-corrected chi connectivity index (χ3v) is 5.16. The zero-order chi connectivity index (χ0) is 23.4. The minimum atomic E-state index is -0.526. The van der Waals surface area contributed by atoms with Gasteiger partial charge >= 0.3 is 0 Å². The fourth-order valence-electron chi connectivity index (χ4n) is 3.52. The van der Waals surface area contributed by atoms with Gasteiger partial charge in [0.15, 0.2) is 5.82 Å². The standard InChI is InChI=1S/C21H27N9O3/c1-14(22)24-20(31)15-13-16(28(2)7-10-32-3)17-18(25-15)19(29-8-11-33-12-9-29)27-21(26-17)30-6-4-5-23-30/h4-6,13H,7-12H2,1-3H3,(H2,22,24,31). The molecule has 0 saturated carbocycles. The highest BCUT2D eigenvalue weighted by Crippen LogP contribution is 2.31. The van der Waals surface area contributed by atoms with Crippen LogP contribution >= 0.6 is 0 Å². The van der Waals surface area contributed by atoms with Gasteiger partial charge in [-0.2, -0.15) is 15.1 Å². The molecule has 1 fully saturated rings. The van der Waals surface area contributed by atoms with Gasteiger partial charge in [0.05, 0.1) is 25.5 Å². The number of pyridine rings is 1. The van der Waals surface area contributed by atoms with Crippen LogP contribution in [0.25, 0.3) is 17.0 Å². The molecule has 12 nitrogen and oxygen atoms in total. The minimum absolute atomic E-state index is 0.162. The van der Waals surface area contributed by atoms with E-state index >= 15 is 0 Å². The number of nitrogens with two attached hydrogens (primary N) is 1. The van der Waals surface area contributed by atoms with E-state index in [0.717, 1.165) is 0 Å². The molecule has 2 N–H and O–H groups in total. The molecule has 4 rings (SSSR count). The number of aliphatic imine (C=N–C) groups is 1. The molecule has 0 bridgehead atoms. The van der Waals surface area contributed by atoms with Gasteiger partial charge in [-0.25, -0.2) is 14.6 Å². The van der Waals surface area contributed by atoms with Gasteiger partial charge in [-0.3, -0.25) is 4.79 Å². The Balaban J connectivity index is 1.97. The summed E-state index contributed by atoms with van der Waals surface area (Å²) in [5, 5.41) is 4.29. The SMILES string of the molecule is COCCN(C)c1cc(C(=O)N=C(C)N)nc2c(N3CCOCC3)nc(-n3cccn3)nc12. The highest BCUT2D eigenvalue weighted by atomic mass is 16.5. The van der Waals surface area contributed by atoms with Gasteiger partial charge in [-0.05, 0) is 19.1 Å². The Labute approximate surface area is 191 Å². The maximum Gasteiger partial charge on any atom is 0.297 e. The summed E-state index contributed by atoms with van der Waals surface area (Å²) in [6.07, 6.45) is 3.45. The Morgan fingerprint density at radius 2 is 2.06 bits per heavy atom. The number of rotatable bonds is 7. The minimum Gasteiger partial charge on any atom is -0.387 e. The van der Waals surface area contributed by atoms with E-state index in [1.54, 1.807) is 43.2 Å². The topological polar surface area (TPSA) is 137 Å². The Hall–Kier alpha value is -3.64. The maximum atomic E-state index is 12.8. The van der Waals surface area contributed by atoms with Crippen molar-refractivity contribution in [1.29, 1.82) is 0 Å². The molecule has 1 aliphatic heterocycles. The monoisotopic (exact) mass is 453 g/mol.